The van der Waals surface area contributed by atoms with Gasteiger partial charge >= 0.3 is 5.97 Å². The number of nitrogens with one attached hydrogen (secondary N) is 2. The van der Waals surface area contributed by atoms with Crippen LogP contribution in [0.3, 0.4) is 0 Å². The Bertz CT molecular complexity index is 489. The minimum absolute atomic E-state index is 0.105. The highest BCUT2D eigenvalue weighted by Gasteiger charge is 2.26. The lowest BCUT2D eigenvalue weighted by Gasteiger charge is -2.27. The van der Waals surface area contributed by atoms with E-state index in [0.29, 0.717) is 11.6 Å². The van der Waals surface area contributed by atoms with E-state index in [9.17, 15) is 9.59 Å². The molecule has 1 aliphatic rings. The maximum Gasteiger partial charge on any atom is 0.306 e. The van der Waals surface area contributed by atoms with E-state index in [0.717, 1.165) is 25.0 Å². The van der Waals surface area contributed by atoms with E-state index < -0.39 is 5.97 Å². The van der Waals surface area contributed by atoms with Crippen LogP contribution >= 0.6 is 11.3 Å². The molecule has 1 fully saturated rings. The lowest BCUT2D eigenvalue weighted by molar-refractivity contribution is -0.143. The second-order valence-corrected chi connectivity index (χ2v) is 5.98. The first-order chi connectivity index (χ1) is 9.54. The number of hydrogen-bond acceptors (Lipinski definition) is 5. The van der Waals surface area contributed by atoms with Gasteiger partial charge in [0.2, 0.25) is 5.91 Å². The number of nitrogens with zero attached hydrogens (tertiary/aromatic N) is 1. The average molecular weight is 297 g/mol. The zero-order chi connectivity index (χ0) is 14.5. The van der Waals surface area contributed by atoms with Crippen LogP contribution in [-0.4, -0.2) is 34.6 Å². The molecular formula is C13H19N3O3S. The highest BCUT2D eigenvalue weighted by atomic mass is 32.1. The molecule has 6 nitrogen and oxygen atoms in total. The first kappa shape index (κ1) is 14.9. The van der Waals surface area contributed by atoms with Crippen molar-refractivity contribution in [2.45, 2.75) is 38.6 Å². The molecule has 2 unspecified atom stereocenters. The van der Waals surface area contributed by atoms with Crippen molar-refractivity contribution in [1.29, 1.82) is 0 Å². The third-order valence-electron chi connectivity index (χ3n) is 3.44. The molecule has 0 bridgehead atoms. The number of aromatic nitrogens is 1. The minimum atomic E-state index is -0.737. The van der Waals surface area contributed by atoms with Gasteiger partial charge in [0, 0.05) is 11.4 Å². The zero-order valence-electron chi connectivity index (χ0n) is 11.4. The van der Waals surface area contributed by atoms with E-state index in [1.54, 1.807) is 0 Å². The predicted molar refractivity (Wildman–Crippen MR) is 76.9 cm³/mol. The summed E-state index contributed by atoms with van der Waals surface area (Å²) in [6.45, 7) is 2.06. The fourth-order valence-corrected chi connectivity index (χ4v) is 3.12. The van der Waals surface area contributed by atoms with Crippen molar-refractivity contribution in [3.8, 4) is 0 Å². The highest BCUT2D eigenvalue weighted by Crippen LogP contribution is 2.24. The van der Waals surface area contributed by atoms with Crippen molar-refractivity contribution >= 4 is 28.3 Å². The van der Waals surface area contributed by atoms with Crippen molar-refractivity contribution in [3.05, 3.63) is 11.1 Å². The number of hydrogen-bond donors (Lipinski definition) is 3. The number of carbonyl (C=O) groups is 2. The van der Waals surface area contributed by atoms with Gasteiger partial charge in [0.25, 0.3) is 0 Å². The van der Waals surface area contributed by atoms with Crippen molar-refractivity contribution in [2.24, 2.45) is 5.92 Å². The number of carboxylic acid groups (broad SMARTS) is 1. The number of rotatable bonds is 5. The van der Waals surface area contributed by atoms with Crippen molar-refractivity contribution in [1.82, 2.24) is 10.3 Å². The van der Waals surface area contributed by atoms with Crippen LogP contribution in [0.4, 0.5) is 5.13 Å². The number of carboxylic acids is 1. The molecule has 2 atom stereocenters. The number of anilines is 1. The van der Waals surface area contributed by atoms with E-state index in [4.69, 9.17) is 5.11 Å². The van der Waals surface area contributed by atoms with Crippen LogP contribution in [0.5, 0.6) is 0 Å². The van der Waals surface area contributed by atoms with Crippen molar-refractivity contribution in [2.75, 3.05) is 11.9 Å². The summed E-state index contributed by atoms with van der Waals surface area (Å²) in [7, 11) is 0. The van der Waals surface area contributed by atoms with Gasteiger partial charge in [0.1, 0.15) is 0 Å². The number of thiazole rings is 1. The molecule has 1 aromatic rings. The largest absolute Gasteiger partial charge is 0.481 e. The summed E-state index contributed by atoms with van der Waals surface area (Å²) in [6, 6.07) is 0.105. The van der Waals surface area contributed by atoms with Gasteiger partial charge in [-0.3, -0.25) is 9.59 Å². The van der Waals surface area contributed by atoms with E-state index in [1.165, 1.54) is 11.3 Å². The van der Waals surface area contributed by atoms with Crippen molar-refractivity contribution in [3.63, 3.8) is 0 Å². The molecule has 1 saturated carbocycles. The van der Waals surface area contributed by atoms with Gasteiger partial charge < -0.3 is 15.7 Å². The quantitative estimate of drug-likeness (QED) is 0.768. The van der Waals surface area contributed by atoms with E-state index in [-0.39, 0.29) is 24.4 Å². The third kappa shape index (κ3) is 4.28. The maximum atomic E-state index is 11.8. The Morgan fingerprint density at radius 2 is 2.30 bits per heavy atom. The fraction of sp³-hybridized carbons (Fsp3) is 0.615. The van der Waals surface area contributed by atoms with Crippen LogP contribution in [-0.2, 0) is 9.59 Å². The van der Waals surface area contributed by atoms with Crippen LogP contribution in [0.25, 0.3) is 0 Å². The molecule has 1 aromatic heterocycles. The molecule has 0 saturated heterocycles. The fourth-order valence-electron chi connectivity index (χ4n) is 2.41. The Kier molecular flexibility index (Phi) is 5.08. The van der Waals surface area contributed by atoms with Gasteiger partial charge in [0.15, 0.2) is 5.13 Å². The summed E-state index contributed by atoms with van der Waals surface area (Å²) in [6.07, 6.45) is 3.15. The molecule has 0 spiro atoms. The molecule has 7 heteroatoms. The van der Waals surface area contributed by atoms with Crippen LogP contribution in [0.1, 0.15) is 31.4 Å². The smallest absolute Gasteiger partial charge is 0.306 e. The molecule has 2 rings (SSSR count). The third-order valence-corrected chi connectivity index (χ3v) is 4.32. The number of carbonyl (C=O) groups excluding carboxylic acids is 1. The van der Waals surface area contributed by atoms with Gasteiger partial charge in [-0.1, -0.05) is 6.42 Å². The molecule has 3 N–H and O–H groups in total. The molecule has 0 aromatic carbocycles. The normalized spacial score (nSPS) is 22.4. The Balaban J connectivity index is 1.74. The zero-order valence-corrected chi connectivity index (χ0v) is 12.2. The van der Waals surface area contributed by atoms with Crippen molar-refractivity contribution < 1.29 is 14.7 Å². The summed E-state index contributed by atoms with van der Waals surface area (Å²) < 4.78 is 0. The lowest BCUT2D eigenvalue weighted by Crippen LogP contribution is -2.40. The monoisotopic (exact) mass is 297 g/mol. The predicted octanol–water partition coefficient (Wildman–Crippen LogP) is 1.62. The Morgan fingerprint density at radius 1 is 1.50 bits per heavy atom. The Morgan fingerprint density at radius 3 is 2.95 bits per heavy atom. The summed E-state index contributed by atoms with van der Waals surface area (Å²) in [5.41, 5.74) is 0.884. The van der Waals surface area contributed by atoms with E-state index in [1.807, 2.05) is 12.3 Å². The first-order valence-electron chi connectivity index (χ1n) is 6.73. The molecule has 1 aliphatic carbocycles. The molecule has 110 valence electrons. The van der Waals surface area contributed by atoms with E-state index in [2.05, 4.69) is 15.6 Å². The Labute approximate surface area is 121 Å². The SMILES string of the molecule is Cc1csc(NC(=O)CNC2CCCC(C(=O)O)C2)n1. The molecule has 0 radical (unpaired) electrons. The average Bonchev–Trinajstić information content (AvgIpc) is 2.82. The number of aryl methyl sites for hydroxylation is 1. The molecule has 1 amide bonds. The second-order valence-electron chi connectivity index (χ2n) is 5.12. The molecule has 0 aliphatic heterocycles. The van der Waals surface area contributed by atoms with Crippen LogP contribution in [0, 0.1) is 12.8 Å². The van der Waals surface area contributed by atoms with Gasteiger partial charge in [0.05, 0.1) is 18.2 Å². The Hall–Kier alpha value is -1.47. The van der Waals surface area contributed by atoms with Crippen LogP contribution < -0.4 is 10.6 Å². The number of amides is 1. The molecular weight excluding hydrogens is 278 g/mol. The van der Waals surface area contributed by atoms with Gasteiger partial charge in [-0.15, -0.1) is 11.3 Å². The summed E-state index contributed by atoms with van der Waals surface area (Å²) >= 11 is 1.40. The van der Waals surface area contributed by atoms with Gasteiger partial charge in [-0.2, -0.15) is 0 Å². The van der Waals surface area contributed by atoms with Crippen LogP contribution in [0.2, 0.25) is 0 Å². The van der Waals surface area contributed by atoms with Crippen LogP contribution in [0.15, 0.2) is 5.38 Å². The highest BCUT2D eigenvalue weighted by molar-refractivity contribution is 7.13. The first-order valence-corrected chi connectivity index (χ1v) is 7.60. The minimum Gasteiger partial charge on any atom is -0.481 e. The number of aliphatic carboxylic acids is 1. The summed E-state index contributed by atoms with van der Waals surface area (Å²) in [4.78, 5) is 26.9. The standard InChI is InChI=1S/C13H19N3O3S/c1-8-7-20-13(15-8)16-11(17)6-14-10-4-2-3-9(5-10)12(18)19/h7,9-10,14H,2-6H2,1H3,(H,18,19)(H,15,16,17). The lowest BCUT2D eigenvalue weighted by atomic mass is 9.86. The molecule has 1 heterocycles. The second kappa shape index (κ2) is 6.81. The maximum absolute atomic E-state index is 11.8. The van der Waals surface area contributed by atoms with Gasteiger partial charge in [-0.25, -0.2) is 4.98 Å². The van der Waals surface area contributed by atoms with Gasteiger partial charge in [-0.05, 0) is 26.2 Å². The summed E-state index contributed by atoms with van der Waals surface area (Å²) in [5.74, 6) is -1.16. The van der Waals surface area contributed by atoms with E-state index >= 15 is 0 Å². The summed E-state index contributed by atoms with van der Waals surface area (Å²) in [5, 5.41) is 17.4. The topological polar surface area (TPSA) is 91.3 Å². The molecule has 20 heavy (non-hydrogen) atoms.